The molecule has 0 radical (unpaired) electrons. The number of guanidine groups is 1. The molecule has 0 aliphatic heterocycles. The van der Waals surface area contributed by atoms with Crippen molar-refractivity contribution in [3.8, 4) is 0 Å². The number of non-ortho nitro benzene ring substituents is 1. The van der Waals surface area contributed by atoms with Gasteiger partial charge in [-0.25, -0.2) is 0 Å². The number of nitro benzene ring substituents is 1. The minimum Gasteiger partial charge on any atom is -0.356 e. The van der Waals surface area contributed by atoms with E-state index in [1.807, 2.05) is 6.07 Å². The average molecular weight is 318 g/mol. The third-order valence-corrected chi connectivity index (χ3v) is 4.01. The van der Waals surface area contributed by atoms with Crippen LogP contribution in [0.1, 0.15) is 10.4 Å². The largest absolute Gasteiger partial charge is 0.356 e. The number of nitrogens with one attached hydrogen (secondary N) is 2. The topological polar surface area (TPSA) is 79.6 Å². The van der Waals surface area contributed by atoms with Gasteiger partial charge in [0.2, 0.25) is 0 Å². The Morgan fingerprint density at radius 1 is 1.27 bits per heavy atom. The molecular weight excluding hydrogens is 300 g/mol. The number of thiophene rings is 1. The van der Waals surface area contributed by atoms with E-state index in [4.69, 9.17) is 0 Å². The predicted molar refractivity (Wildman–Crippen MR) is 89.3 cm³/mol. The van der Waals surface area contributed by atoms with Crippen LogP contribution in [0.4, 0.5) is 5.69 Å². The molecule has 2 aromatic rings. The number of hydrogen-bond acceptors (Lipinski definition) is 4. The van der Waals surface area contributed by atoms with Crippen molar-refractivity contribution in [3.05, 3.63) is 62.3 Å². The second-order valence-electron chi connectivity index (χ2n) is 4.61. The van der Waals surface area contributed by atoms with Gasteiger partial charge in [-0.15, -0.1) is 11.3 Å². The summed E-state index contributed by atoms with van der Waals surface area (Å²) in [6.07, 6.45) is 0.954. The molecule has 0 spiro atoms. The highest BCUT2D eigenvalue weighted by atomic mass is 32.1. The summed E-state index contributed by atoms with van der Waals surface area (Å²) in [6.45, 7) is 1.37. The highest BCUT2D eigenvalue weighted by molar-refractivity contribution is 7.09. The fourth-order valence-electron chi connectivity index (χ4n) is 1.90. The van der Waals surface area contributed by atoms with Gasteiger partial charge < -0.3 is 10.6 Å². The Hall–Kier alpha value is -2.41. The minimum absolute atomic E-state index is 0.0993. The van der Waals surface area contributed by atoms with Gasteiger partial charge in [0, 0.05) is 37.1 Å². The maximum Gasteiger partial charge on any atom is 0.269 e. The highest BCUT2D eigenvalue weighted by Crippen LogP contribution is 2.11. The van der Waals surface area contributed by atoms with Crippen LogP contribution >= 0.6 is 11.3 Å². The molecule has 7 heteroatoms. The first-order valence-corrected chi connectivity index (χ1v) is 7.77. The molecule has 1 aromatic heterocycles. The first kappa shape index (κ1) is 16.0. The summed E-state index contributed by atoms with van der Waals surface area (Å²) in [4.78, 5) is 15.7. The smallest absolute Gasteiger partial charge is 0.269 e. The van der Waals surface area contributed by atoms with Crippen LogP contribution in [-0.2, 0) is 13.0 Å². The number of aliphatic imine (C=N–C) groups is 1. The predicted octanol–water partition coefficient (Wildman–Crippen LogP) is 2.56. The second-order valence-corrected chi connectivity index (χ2v) is 5.64. The number of hydrogen-bond donors (Lipinski definition) is 2. The molecule has 0 unspecified atom stereocenters. The summed E-state index contributed by atoms with van der Waals surface area (Å²) >= 11 is 1.74. The van der Waals surface area contributed by atoms with Crippen LogP contribution in [0.2, 0.25) is 0 Å². The Kier molecular flexibility index (Phi) is 5.91. The van der Waals surface area contributed by atoms with Gasteiger partial charge in [-0.2, -0.15) is 0 Å². The molecule has 0 atom stereocenters. The van der Waals surface area contributed by atoms with Gasteiger partial charge in [0.15, 0.2) is 5.96 Å². The zero-order valence-corrected chi connectivity index (χ0v) is 13.1. The van der Waals surface area contributed by atoms with Gasteiger partial charge in [0.05, 0.1) is 4.92 Å². The van der Waals surface area contributed by atoms with E-state index in [9.17, 15) is 10.1 Å². The van der Waals surface area contributed by atoms with Crippen LogP contribution < -0.4 is 10.6 Å². The van der Waals surface area contributed by atoms with Crippen LogP contribution in [0.15, 0.2) is 46.8 Å². The monoisotopic (exact) mass is 318 g/mol. The molecule has 116 valence electrons. The summed E-state index contributed by atoms with van der Waals surface area (Å²) in [5, 5.41) is 19.1. The van der Waals surface area contributed by atoms with E-state index in [0.717, 1.165) is 24.5 Å². The molecule has 0 fully saturated rings. The normalized spacial score (nSPS) is 11.2. The maximum absolute atomic E-state index is 10.6. The zero-order valence-electron chi connectivity index (χ0n) is 12.3. The lowest BCUT2D eigenvalue weighted by atomic mass is 10.2. The molecule has 0 amide bonds. The summed E-state index contributed by atoms with van der Waals surface area (Å²) < 4.78 is 0. The van der Waals surface area contributed by atoms with E-state index in [-0.39, 0.29) is 5.69 Å². The Balaban J connectivity index is 1.77. The van der Waals surface area contributed by atoms with E-state index in [2.05, 4.69) is 27.1 Å². The van der Waals surface area contributed by atoms with Gasteiger partial charge in [0.1, 0.15) is 0 Å². The summed E-state index contributed by atoms with van der Waals surface area (Å²) in [7, 11) is 1.72. The van der Waals surface area contributed by atoms with E-state index in [1.165, 1.54) is 17.0 Å². The van der Waals surface area contributed by atoms with Crippen molar-refractivity contribution < 1.29 is 4.92 Å². The molecule has 0 aliphatic carbocycles. The van der Waals surface area contributed by atoms with Crippen molar-refractivity contribution >= 4 is 23.0 Å². The summed E-state index contributed by atoms with van der Waals surface area (Å²) in [5.74, 6) is 0.718. The first-order valence-electron chi connectivity index (χ1n) is 6.89. The number of nitro groups is 1. The summed E-state index contributed by atoms with van der Waals surface area (Å²) in [5.41, 5.74) is 1.06. The molecule has 22 heavy (non-hydrogen) atoms. The highest BCUT2D eigenvalue weighted by Gasteiger charge is 2.04. The molecule has 0 saturated carbocycles. The number of rotatable bonds is 6. The van der Waals surface area contributed by atoms with E-state index < -0.39 is 4.92 Å². The van der Waals surface area contributed by atoms with Crippen LogP contribution in [0, 0.1) is 10.1 Å². The van der Waals surface area contributed by atoms with Gasteiger partial charge in [0.25, 0.3) is 5.69 Å². The second kappa shape index (κ2) is 8.14. The average Bonchev–Trinajstić information content (AvgIpc) is 3.04. The van der Waals surface area contributed by atoms with Crippen LogP contribution in [-0.4, -0.2) is 24.5 Å². The third kappa shape index (κ3) is 4.85. The van der Waals surface area contributed by atoms with Gasteiger partial charge in [-0.3, -0.25) is 15.1 Å². The van der Waals surface area contributed by atoms with Gasteiger partial charge in [-0.05, 0) is 23.4 Å². The number of nitrogens with zero attached hydrogens (tertiary/aromatic N) is 2. The Labute approximate surface area is 133 Å². The van der Waals surface area contributed by atoms with E-state index >= 15 is 0 Å². The lowest BCUT2D eigenvalue weighted by Crippen LogP contribution is -2.37. The first-order chi connectivity index (χ1) is 10.7. The van der Waals surface area contributed by atoms with Crippen LogP contribution in [0.3, 0.4) is 0 Å². The molecule has 2 N–H and O–H groups in total. The molecular formula is C15H18N4O2S. The molecule has 1 heterocycles. The molecule has 1 aromatic carbocycles. The van der Waals surface area contributed by atoms with Crippen molar-refractivity contribution in [2.75, 3.05) is 13.6 Å². The lowest BCUT2D eigenvalue weighted by molar-refractivity contribution is -0.384. The molecule has 0 saturated heterocycles. The Bertz CT molecular complexity index is 624. The molecule has 2 rings (SSSR count). The quantitative estimate of drug-likeness (QED) is 0.371. The van der Waals surface area contributed by atoms with E-state index in [1.54, 1.807) is 30.5 Å². The fraction of sp³-hybridized carbons (Fsp3) is 0.267. The van der Waals surface area contributed by atoms with Crippen molar-refractivity contribution in [3.63, 3.8) is 0 Å². The molecule has 0 aliphatic rings. The van der Waals surface area contributed by atoms with Gasteiger partial charge in [-0.1, -0.05) is 18.2 Å². The zero-order chi connectivity index (χ0) is 15.8. The van der Waals surface area contributed by atoms with E-state index in [0.29, 0.717) is 6.54 Å². The summed E-state index contributed by atoms with van der Waals surface area (Å²) in [6, 6.07) is 10.6. The Morgan fingerprint density at radius 3 is 2.64 bits per heavy atom. The number of benzene rings is 1. The molecule has 6 nitrogen and oxygen atoms in total. The SMILES string of the molecule is CN=C(NCCc1cccs1)NCc1ccc([N+](=O)[O-])cc1. The minimum atomic E-state index is -0.401. The maximum atomic E-state index is 10.6. The Morgan fingerprint density at radius 2 is 2.05 bits per heavy atom. The van der Waals surface area contributed by atoms with Crippen LogP contribution in [0.5, 0.6) is 0 Å². The fourth-order valence-corrected chi connectivity index (χ4v) is 2.61. The standard InChI is InChI=1S/C15H18N4O2S/c1-16-15(17-9-8-14-3-2-10-22-14)18-11-12-4-6-13(7-5-12)19(20)21/h2-7,10H,8-9,11H2,1H3,(H2,16,17,18). The van der Waals surface area contributed by atoms with Crippen LogP contribution in [0.25, 0.3) is 0 Å². The van der Waals surface area contributed by atoms with Crippen molar-refractivity contribution in [2.24, 2.45) is 4.99 Å². The molecule has 0 bridgehead atoms. The van der Waals surface area contributed by atoms with Crippen molar-refractivity contribution in [1.82, 2.24) is 10.6 Å². The van der Waals surface area contributed by atoms with Gasteiger partial charge >= 0.3 is 0 Å². The third-order valence-electron chi connectivity index (χ3n) is 3.07. The lowest BCUT2D eigenvalue weighted by Gasteiger charge is -2.11. The van der Waals surface area contributed by atoms with Crippen molar-refractivity contribution in [1.29, 1.82) is 0 Å². The van der Waals surface area contributed by atoms with Crippen molar-refractivity contribution in [2.45, 2.75) is 13.0 Å².